The molecule has 3 aromatic rings. The molecule has 4 rings (SSSR count). The Kier molecular flexibility index (Phi) is 5.82. The number of hydrogen-bond acceptors (Lipinski definition) is 6. The molecule has 11 heteroatoms. The molecule has 0 bridgehead atoms. The van der Waals surface area contributed by atoms with Gasteiger partial charge in [0.05, 0.1) is 16.6 Å². The van der Waals surface area contributed by atoms with Gasteiger partial charge in [-0.3, -0.25) is 4.79 Å². The molecule has 2 aromatic carbocycles. The van der Waals surface area contributed by atoms with Gasteiger partial charge in [0.1, 0.15) is 16.6 Å². The van der Waals surface area contributed by atoms with Gasteiger partial charge in [0.15, 0.2) is 0 Å². The van der Waals surface area contributed by atoms with Crippen molar-refractivity contribution < 1.29 is 22.0 Å². The standard InChI is InChI=1S/C20H18F2N4O3S2/c1-12-5-2-3-7-17(12)31(28,29)26-10-4-6-16(26)19-24-25-20(30-19)18(27)23-15-9-8-13(21)11-14(15)22/h2-3,5,7-9,11,16H,4,6,10H2,1H3,(H,23,27). The van der Waals surface area contributed by atoms with Crippen LogP contribution < -0.4 is 5.32 Å². The van der Waals surface area contributed by atoms with E-state index in [4.69, 9.17) is 0 Å². The molecule has 0 aliphatic carbocycles. The second-order valence-electron chi connectivity index (χ2n) is 7.06. The average molecular weight is 465 g/mol. The summed E-state index contributed by atoms with van der Waals surface area (Å²) in [6.45, 7) is 2.07. The maximum Gasteiger partial charge on any atom is 0.286 e. The van der Waals surface area contributed by atoms with Crippen LogP contribution in [0.15, 0.2) is 47.4 Å². The largest absolute Gasteiger partial charge is 0.317 e. The monoisotopic (exact) mass is 464 g/mol. The van der Waals surface area contributed by atoms with Gasteiger partial charge in [-0.1, -0.05) is 29.5 Å². The van der Waals surface area contributed by atoms with Crippen LogP contribution in [0.2, 0.25) is 0 Å². The van der Waals surface area contributed by atoms with Crippen LogP contribution in [-0.4, -0.2) is 35.4 Å². The van der Waals surface area contributed by atoms with Crippen molar-refractivity contribution in [3.05, 3.63) is 69.7 Å². The number of carbonyl (C=O) groups excluding carboxylic acids is 1. The number of nitrogens with one attached hydrogen (secondary N) is 1. The Bertz CT molecular complexity index is 1250. The summed E-state index contributed by atoms with van der Waals surface area (Å²) in [5.41, 5.74) is 0.458. The maximum absolute atomic E-state index is 13.8. The summed E-state index contributed by atoms with van der Waals surface area (Å²) in [6, 6.07) is 9.01. The molecule has 1 saturated heterocycles. The number of benzene rings is 2. The minimum atomic E-state index is -3.75. The van der Waals surface area contributed by atoms with E-state index < -0.39 is 33.6 Å². The number of halogens is 2. The highest BCUT2D eigenvalue weighted by Gasteiger charge is 2.39. The number of nitrogens with zero attached hydrogens (tertiary/aromatic N) is 3. The molecule has 1 amide bonds. The van der Waals surface area contributed by atoms with Crippen molar-refractivity contribution in [1.29, 1.82) is 0 Å². The van der Waals surface area contributed by atoms with E-state index in [9.17, 15) is 22.0 Å². The molecule has 2 heterocycles. The molecule has 1 atom stereocenters. The Morgan fingerprint density at radius 2 is 1.97 bits per heavy atom. The molecule has 31 heavy (non-hydrogen) atoms. The lowest BCUT2D eigenvalue weighted by Crippen LogP contribution is -2.31. The third-order valence-electron chi connectivity index (χ3n) is 4.98. The summed E-state index contributed by atoms with van der Waals surface area (Å²) >= 11 is 0.949. The fraction of sp³-hybridized carbons (Fsp3) is 0.250. The lowest BCUT2D eigenvalue weighted by Gasteiger charge is -2.23. The third-order valence-corrected chi connectivity index (χ3v) is 8.07. The molecule has 1 fully saturated rings. The normalized spacial score (nSPS) is 17.1. The lowest BCUT2D eigenvalue weighted by atomic mass is 10.2. The van der Waals surface area contributed by atoms with E-state index >= 15 is 0 Å². The Morgan fingerprint density at radius 1 is 1.19 bits per heavy atom. The van der Waals surface area contributed by atoms with E-state index in [1.165, 1.54) is 4.31 Å². The zero-order valence-electron chi connectivity index (χ0n) is 16.4. The zero-order chi connectivity index (χ0) is 22.2. The van der Waals surface area contributed by atoms with Gasteiger partial charge in [-0.25, -0.2) is 17.2 Å². The van der Waals surface area contributed by atoms with E-state index in [0.717, 1.165) is 23.5 Å². The first-order chi connectivity index (χ1) is 14.8. The SMILES string of the molecule is Cc1ccccc1S(=O)(=O)N1CCCC1c1nnc(C(=O)Nc2ccc(F)cc2F)s1. The van der Waals surface area contributed by atoms with Crippen molar-refractivity contribution in [3.8, 4) is 0 Å². The van der Waals surface area contributed by atoms with Crippen molar-refractivity contribution in [2.75, 3.05) is 11.9 Å². The first-order valence-corrected chi connectivity index (χ1v) is 11.7. The molecule has 1 N–H and O–H groups in total. The highest BCUT2D eigenvalue weighted by molar-refractivity contribution is 7.89. The van der Waals surface area contributed by atoms with Crippen LogP contribution in [0.1, 0.15) is 39.3 Å². The third kappa shape index (κ3) is 4.21. The van der Waals surface area contributed by atoms with Gasteiger partial charge in [-0.2, -0.15) is 4.31 Å². The molecule has 162 valence electrons. The summed E-state index contributed by atoms with van der Waals surface area (Å²) in [6.07, 6.45) is 1.20. The number of rotatable bonds is 5. The fourth-order valence-electron chi connectivity index (χ4n) is 3.47. The summed E-state index contributed by atoms with van der Waals surface area (Å²) < 4.78 is 54.7. The Morgan fingerprint density at radius 3 is 2.71 bits per heavy atom. The van der Waals surface area contributed by atoms with Gasteiger partial charge in [0.2, 0.25) is 15.0 Å². The molecule has 7 nitrogen and oxygen atoms in total. The van der Waals surface area contributed by atoms with Crippen LogP contribution in [0.5, 0.6) is 0 Å². The maximum atomic E-state index is 13.8. The smallest absolute Gasteiger partial charge is 0.286 e. The summed E-state index contributed by atoms with van der Waals surface area (Å²) in [5, 5.41) is 10.5. The number of carbonyl (C=O) groups is 1. The predicted octanol–water partition coefficient (Wildman–Crippen LogP) is 3.90. The zero-order valence-corrected chi connectivity index (χ0v) is 18.0. The summed E-state index contributed by atoms with van der Waals surface area (Å²) in [7, 11) is -3.75. The van der Waals surface area contributed by atoms with Gasteiger partial charge in [0.25, 0.3) is 5.91 Å². The van der Waals surface area contributed by atoms with Crippen molar-refractivity contribution in [1.82, 2.24) is 14.5 Å². The van der Waals surface area contributed by atoms with Crippen LogP contribution in [-0.2, 0) is 10.0 Å². The molecular formula is C20H18F2N4O3S2. The van der Waals surface area contributed by atoms with Crippen molar-refractivity contribution >= 4 is 33.0 Å². The van der Waals surface area contributed by atoms with E-state index in [0.29, 0.717) is 36.0 Å². The highest BCUT2D eigenvalue weighted by atomic mass is 32.2. The van der Waals surface area contributed by atoms with E-state index in [-0.39, 0.29) is 15.6 Å². The molecule has 0 radical (unpaired) electrons. The van der Waals surface area contributed by atoms with E-state index in [2.05, 4.69) is 15.5 Å². The molecule has 1 aliphatic rings. The van der Waals surface area contributed by atoms with Crippen LogP contribution in [0.3, 0.4) is 0 Å². The molecule has 1 aliphatic heterocycles. The van der Waals surface area contributed by atoms with Crippen LogP contribution in [0.4, 0.5) is 14.5 Å². The lowest BCUT2D eigenvalue weighted by molar-refractivity contribution is 0.102. The number of aromatic nitrogens is 2. The van der Waals surface area contributed by atoms with Crippen LogP contribution in [0, 0.1) is 18.6 Å². The summed E-state index contributed by atoms with van der Waals surface area (Å²) in [4.78, 5) is 12.7. The molecule has 0 saturated carbocycles. The fourth-order valence-corrected chi connectivity index (χ4v) is 6.32. The quantitative estimate of drug-likeness (QED) is 0.618. The van der Waals surface area contributed by atoms with Crippen LogP contribution >= 0.6 is 11.3 Å². The molecule has 0 spiro atoms. The molecule has 1 unspecified atom stereocenters. The molecule has 1 aromatic heterocycles. The minimum Gasteiger partial charge on any atom is -0.317 e. The number of hydrogen-bond donors (Lipinski definition) is 1. The summed E-state index contributed by atoms with van der Waals surface area (Å²) in [5.74, 6) is -2.38. The van der Waals surface area contributed by atoms with E-state index in [1.807, 2.05) is 0 Å². The van der Waals surface area contributed by atoms with Gasteiger partial charge >= 0.3 is 0 Å². The second kappa shape index (κ2) is 8.40. The van der Waals surface area contributed by atoms with Crippen molar-refractivity contribution in [2.24, 2.45) is 0 Å². The number of amides is 1. The van der Waals surface area contributed by atoms with Crippen molar-refractivity contribution in [2.45, 2.75) is 30.7 Å². The Balaban J connectivity index is 1.56. The number of anilines is 1. The van der Waals surface area contributed by atoms with Gasteiger partial charge in [-0.15, -0.1) is 10.2 Å². The Labute approximate surface area is 181 Å². The minimum absolute atomic E-state index is 0.0427. The number of sulfonamides is 1. The first-order valence-electron chi connectivity index (χ1n) is 9.44. The second-order valence-corrected chi connectivity index (χ2v) is 9.93. The van der Waals surface area contributed by atoms with Crippen LogP contribution in [0.25, 0.3) is 0 Å². The highest BCUT2D eigenvalue weighted by Crippen LogP contribution is 2.38. The van der Waals surface area contributed by atoms with Crippen molar-refractivity contribution in [3.63, 3.8) is 0 Å². The Hall–Kier alpha value is -2.76. The number of aryl methyl sites for hydroxylation is 1. The molecular weight excluding hydrogens is 446 g/mol. The topological polar surface area (TPSA) is 92.3 Å². The van der Waals surface area contributed by atoms with Gasteiger partial charge < -0.3 is 5.32 Å². The van der Waals surface area contributed by atoms with E-state index in [1.54, 1.807) is 31.2 Å². The predicted molar refractivity (Wildman–Crippen MR) is 111 cm³/mol. The van der Waals surface area contributed by atoms with Gasteiger partial charge in [-0.05, 0) is 43.5 Å². The first kappa shape index (κ1) is 21.5. The van der Waals surface area contributed by atoms with Gasteiger partial charge in [0, 0.05) is 12.6 Å². The average Bonchev–Trinajstić information content (AvgIpc) is 3.40.